The lowest BCUT2D eigenvalue weighted by atomic mass is 9.98. The van der Waals surface area contributed by atoms with E-state index < -0.39 is 5.97 Å². The molecule has 4 aliphatic rings. The fourth-order valence-corrected chi connectivity index (χ4v) is 13.0. The molecule has 0 spiro atoms. The molecule has 1 unspecified atom stereocenters. The number of nitrogens with zero attached hydrogens (tertiary/aromatic N) is 4. The van der Waals surface area contributed by atoms with Crippen molar-refractivity contribution in [1.82, 2.24) is 0 Å². The van der Waals surface area contributed by atoms with Crippen LogP contribution in [0.1, 0.15) is 100 Å². The molecule has 0 aromatic heterocycles. The third-order valence-corrected chi connectivity index (χ3v) is 17.8. The average Bonchev–Trinajstić information content (AvgIpc) is 3.95. The third kappa shape index (κ3) is 13.3. The molecule has 77 heavy (non-hydrogen) atoms. The van der Waals surface area contributed by atoms with Gasteiger partial charge in [0.15, 0.2) is 11.5 Å². The first-order valence-electron chi connectivity index (χ1n) is 26.4. The minimum Gasteiger partial charge on any atom is -0.493 e. The summed E-state index contributed by atoms with van der Waals surface area (Å²) >= 11 is 0. The molecule has 5 aromatic rings. The number of aryl methyl sites for hydroxylation is 2. The lowest BCUT2D eigenvalue weighted by molar-refractivity contribution is -0.137. The molecule has 0 radical (unpaired) electrons. The number of hydrogen-bond donors (Lipinski definition) is 1. The Morgan fingerprint density at radius 3 is 2.16 bits per heavy atom. The molecule has 3 amide bonds. The third-order valence-electron chi connectivity index (χ3n) is 14.3. The Morgan fingerprint density at radius 2 is 1.43 bits per heavy atom. The summed E-state index contributed by atoms with van der Waals surface area (Å²) in [5, 5.41) is 9.11. The maximum Gasteiger partial charge on any atom is 0.303 e. The number of methoxy groups -OCH3 is 2. The molecule has 15 nitrogen and oxygen atoms in total. The number of ether oxygens (including phenoxy) is 6. The molecule has 9 rings (SSSR count). The monoisotopic (exact) mass is 1080 g/mol. The number of aliphatic carboxylic acids is 1. The minimum atomic E-state index is -0.809. The van der Waals surface area contributed by atoms with Crippen molar-refractivity contribution in [3.8, 4) is 17.2 Å². The van der Waals surface area contributed by atoms with Crippen LogP contribution in [0.15, 0.2) is 96.0 Å². The van der Waals surface area contributed by atoms with E-state index in [4.69, 9.17) is 38.5 Å². The van der Waals surface area contributed by atoms with Crippen LogP contribution in [-0.4, -0.2) is 111 Å². The highest BCUT2D eigenvalue weighted by Gasteiger charge is 2.39. The molecule has 1 N–H and O–H groups in total. The number of carbonyl (C=O) groups is 4. The number of anilines is 3. The number of carboxylic acids is 1. The van der Waals surface area contributed by atoms with Crippen molar-refractivity contribution < 1.29 is 52.7 Å². The van der Waals surface area contributed by atoms with Crippen LogP contribution in [0.25, 0.3) is 0 Å². The number of amides is 3. The van der Waals surface area contributed by atoms with Crippen LogP contribution in [0.3, 0.4) is 0 Å². The smallest absolute Gasteiger partial charge is 0.303 e. The lowest BCUT2D eigenvalue weighted by Crippen LogP contribution is -2.37. The summed E-state index contributed by atoms with van der Waals surface area (Å²) in [5.74, 6) is 1.09. The summed E-state index contributed by atoms with van der Waals surface area (Å²) in [4.78, 5) is 64.5. The maximum absolute atomic E-state index is 14.6. The van der Waals surface area contributed by atoms with Gasteiger partial charge in [-0.25, -0.2) is 0 Å². The van der Waals surface area contributed by atoms with Crippen molar-refractivity contribution in [2.75, 3.05) is 74.3 Å². The molecule has 4 aliphatic heterocycles. The second-order valence-corrected chi connectivity index (χ2v) is 23.5. The van der Waals surface area contributed by atoms with E-state index in [0.717, 1.165) is 58.5 Å². The van der Waals surface area contributed by atoms with Crippen molar-refractivity contribution in [1.29, 1.82) is 0 Å². The number of benzene rings is 5. The van der Waals surface area contributed by atoms with Gasteiger partial charge in [0.25, 0.3) is 11.8 Å². The predicted octanol–water partition coefficient (Wildman–Crippen LogP) is 10.8. The molecule has 0 aliphatic carbocycles. The summed E-state index contributed by atoms with van der Waals surface area (Å²) in [6, 6.07) is 29.3. The molecule has 406 valence electrons. The lowest BCUT2D eigenvalue weighted by Gasteiger charge is -2.27. The Morgan fingerprint density at radius 1 is 0.753 bits per heavy atom. The zero-order valence-electron chi connectivity index (χ0n) is 44.5. The Kier molecular flexibility index (Phi) is 18.3. The number of hydrogen-bond acceptors (Lipinski definition) is 13. The van der Waals surface area contributed by atoms with Gasteiger partial charge < -0.3 is 43.3 Å². The number of para-hydroxylation sites is 2. The van der Waals surface area contributed by atoms with Crippen molar-refractivity contribution in [2.24, 2.45) is 4.99 Å². The Labute approximate surface area is 459 Å². The molecular weight excluding hydrogens is 1020 g/mol. The van der Waals surface area contributed by atoms with E-state index in [0.29, 0.717) is 91.2 Å². The summed E-state index contributed by atoms with van der Waals surface area (Å²) in [6.45, 7) is 8.52. The van der Waals surface area contributed by atoms with Crippen molar-refractivity contribution in [3.05, 3.63) is 136 Å². The SMILES string of the molecule is COCCOCCOCCN(C(=O)CCC(C)(C)SSCCCC(=O)O)c1cc(COc2cc3c(cc2C)C(=O)N2c4ccccc4CC2CC3)cc(COc2cc3c(cc2OC)C(=O)N2c4ccccc4C[C@H]2C=N3)c1. The topological polar surface area (TPSA) is 166 Å². The van der Waals surface area contributed by atoms with Crippen molar-refractivity contribution >= 4 is 74.2 Å². The van der Waals surface area contributed by atoms with E-state index in [2.05, 4.69) is 19.9 Å². The number of aliphatic imine (C=N–C) groups is 1. The fraction of sp³-hybridized carbons (Fsp3) is 0.417. The van der Waals surface area contributed by atoms with Gasteiger partial charge in [0.05, 0.1) is 57.4 Å². The molecule has 4 heterocycles. The van der Waals surface area contributed by atoms with Gasteiger partial charge in [-0.2, -0.15) is 0 Å². The van der Waals surface area contributed by atoms with Crippen LogP contribution in [0, 0.1) is 6.92 Å². The van der Waals surface area contributed by atoms with Crippen molar-refractivity contribution in [3.63, 3.8) is 0 Å². The predicted molar refractivity (Wildman–Crippen MR) is 303 cm³/mol. The van der Waals surface area contributed by atoms with Gasteiger partial charge in [-0.3, -0.25) is 29.1 Å². The highest BCUT2D eigenvalue weighted by Crippen LogP contribution is 2.43. The van der Waals surface area contributed by atoms with Crippen molar-refractivity contribution in [2.45, 2.75) is 102 Å². The minimum absolute atomic E-state index is 0.0129. The normalized spacial score (nSPS) is 16.2. The molecule has 0 bridgehead atoms. The molecular formula is C60H68N4O11S2. The number of carbonyl (C=O) groups excluding carboxylic acids is 3. The highest BCUT2D eigenvalue weighted by atomic mass is 33.1. The first-order chi connectivity index (χ1) is 37.3. The van der Waals surface area contributed by atoms with Gasteiger partial charge in [0.2, 0.25) is 5.91 Å². The number of fused-ring (bicyclic) bond motifs is 8. The second-order valence-electron chi connectivity index (χ2n) is 20.4. The average molecular weight is 1090 g/mol. The van der Waals surface area contributed by atoms with E-state index in [-0.39, 0.29) is 73.8 Å². The van der Waals surface area contributed by atoms with Crippen LogP contribution in [-0.2, 0) is 56.3 Å². The van der Waals surface area contributed by atoms with Crippen LogP contribution in [0.2, 0.25) is 0 Å². The largest absolute Gasteiger partial charge is 0.493 e. The standard InChI is InChI=1S/C60H68N4O11S2/c1-39-27-48-42(16-17-45-31-43-11-6-8-13-51(43)63(45)58(48)68)33-53(39)74-37-40-28-41(38-75-55-35-50-49(34-54(55)71-5)59(69)64-47(36-61-50)32-44-12-7-9-14-52(44)64)30-46(29-40)62(20-21-72-24-25-73-23-22-70-4)56(65)18-19-60(2,3)77-76-26-10-15-57(66)67/h6-9,11-14,27-30,33-36,45,47H,10,15-26,31-32,37-38H2,1-5H3,(H,66,67)/t45?,47-/m0/s1. The Bertz CT molecular complexity index is 3000. The number of rotatable bonds is 26. The van der Waals surface area contributed by atoms with Gasteiger partial charge in [0, 0.05) is 84.4 Å². The first kappa shape index (κ1) is 55.4. The van der Waals surface area contributed by atoms with Crippen LogP contribution < -0.4 is 28.9 Å². The summed E-state index contributed by atoms with van der Waals surface area (Å²) in [7, 11) is 6.46. The van der Waals surface area contributed by atoms with Gasteiger partial charge in [-0.1, -0.05) is 58.0 Å². The molecule has 0 fully saturated rings. The van der Waals surface area contributed by atoms with Crippen LogP contribution in [0.4, 0.5) is 22.7 Å². The van der Waals surface area contributed by atoms with E-state index in [1.54, 1.807) is 57.7 Å². The maximum atomic E-state index is 14.6. The molecule has 0 saturated carbocycles. The Balaban J connectivity index is 0.989. The van der Waals surface area contributed by atoms with Gasteiger partial charge in [0.1, 0.15) is 19.0 Å². The summed E-state index contributed by atoms with van der Waals surface area (Å²) in [6.07, 6.45) is 6.41. The van der Waals surface area contributed by atoms with Crippen LogP contribution >= 0.6 is 21.6 Å². The Hall–Kier alpha value is -6.37. The quantitative estimate of drug-likeness (QED) is 0.0411. The zero-order chi connectivity index (χ0) is 54.1. The first-order valence-corrected chi connectivity index (χ1v) is 28.7. The van der Waals surface area contributed by atoms with Gasteiger partial charge >= 0.3 is 5.97 Å². The van der Waals surface area contributed by atoms with E-state index in [1.165, 1.54) is 5.56 Å². The molecule has 2 atom stereocenters. The van der Waals surface area contributed by atoms with Gasteiger partial charge in [-0.05, 0) is 135 Å². The second kappa shape index (κ2) is 25.4. The molecule has 0 saturated heterocycles. The fourth-order valence-electron chi connectivity index (χ4n) is 10.4. The molecule has 17 heteroatoms. The highest BCUT2D eigenvalue weighted by molar-refractivity contribution is 8.77. The van der Waals surface area contributed by atoms with E-state index in [9.17, 15) is 19.2 Å². The van der Waals surface area contributed by atoms with Gasteiger partial charge in [-0.15, -0.1) is 0 Å². The number of carboxylic acid groups (broad SMARTS) is 1. The van der Waals surface area contributed by atoms with E-state index >= 15 is 0 Å². The van der Waals surface area contributed by atoms with Crippen LogP contribution in [0.5, 0.6) is 17.2 Å². The summed E-state index contributed by atoms with van der Waals surface area (Å²) < 4.78 is 35.6. The summed E-state index contributed by atoms with van der Waals surface area (Å²) in [5.41, 5.74) is 9.70. The zero-order valence-corrected chi connectivity index (χ0v) is 46.2. The van der Waals surface area contributed by atoms with E-state index in [1.807, 2.05) is 90.8 Å². The molecule has 5 aromatic carbocycles.